The first-order valence-corrected chi connectivity index (χ1v) is 5.08. The van der Waals surface area contributed by atoms with Gasteiger partial charge in [0.25, 0.3) is 5.91 Å². The molecule has 0 aromatic heterocycles. The van der Waals surface area contributed by atoms with Gasteiger partial charge >= 0.3 is 6.41 Å². The van der Waals surface area contributed by atoms with Crippen LogP contribution in [-0.2, 0) is 4.74 Å². The van der Waals surface area contributed by atoms with E-state index in [2.05, 4.69) is 0 Å². The summed E-state index contributed by atoms with van der Waals surface area (Å²) in [7, 11) is 0. The maximum atomic E-state index is 12.1. The van der Waals surface area contributed by atoms with E-state index in [4.69, 9.17) is 18.9 Å². The van der Waals surface area contributed by atoms with Crippen LogP contribution in [0.3, 0.4) is 0 Å². The van der Waals surface area contributed by atoms with Crippen LogP contribution < -0.4 is 14.2 Å². The molecule has 4 rings (SSSR count). The van der Waals surface area contributed by atoms with Crippen molar-refractivity contribution < 1.29 is 23.7 Å². The fraction of sp³-hybridized carbons (Fsp3) is 0.182. The molecule has 86 valence electrons. The molecule has 6 heteroatoms. The Morgan fingerprint density at radius 2 is 2.00 bits per heavy atom. The van der Waals surface area contributed by atoms with E-state index in [1.165, 1.54) is 11.2 Å². The molecule has 0 bridgehead atoms. The summed E-state index contributed by atoms with van der Waals surface area (Å²) in [5.74, 6) is 1.41. The van der Waals surface area contributed by atoms with Crippen LogP contribution in [0.1, 0.15) is 10.4 Å². The van der Waals surface area contributed by atoms with Crippen molar-refractivity contribution in [3.8, 4) is 17.2 Å². The second-order valence-corrected chi connectivity index (χ2v) is 3.76. The first-order valence-electron chi connectivity index (χ1n) is 5.08. The number of nitrogens with zero attached hydrogens (tertiary/aromatic N) is 1. The summed E-state index contributed by atoms with van der Waals surface area (Å²) in [4.78, 5) is 13.5. The molecule has 0 fully saturated rings. The molecular formula is C11H7NO5. The summed E-state index contributed by atoms with van der Waals surface area (Å²) >= 11 is 0. The minimum Gasteiger partial charge on any atom is -0.454 e. The molecule has 3 heterocycles. The van der Waals surface area contributed by atoms with Gasteiger partial charge in [-0.25, -0.2) is 4.90 Å². The van der Waals surface area contributed by atoms with Gasteiger partial charge in [0.05, 0.1) is 5.56 Å². The molecule has 3 aliphatic heterocycles. The second kappa shape index (κ2) is 2.85. The van der Waals surface area contributed by atoms with Crippen LogP contribution in [0.4, 0.5) is 0 Å². The van der Waals surface area contributed by atoms with E-state index in [0.717, 1.165) is 0 Å². The Hall–Kier alpha value is -2.37. The summed E-state index contributed by atoms with van der Waals surface area (Å²) in [6, 6.07) is 3.27. The molecule has 6 nitrogen and oxygen atoms in total. The lowest BCUT2D eigenvalue weighted by Crippen LogP contribution is -2.42. The summed E-state index contributed by atoms with van der Waals surface area (Å²) in [6.07, 6.45) is 2.26. The van der Waals surface area contributed by atoms with E-state index in [1.807, 2.05) is 0 Å². The molecule has 1 unspecified atom stereocenters. The fourth-order valence-electron chi connectivity index (χ4n) is 1.99. The van der Waals surface area contributed by atoms with Gasteiger partial charge in [0.15, 0.2) is 11.5 Å². The van der Waals surface area contributed by atoms with E-state index in [9.17, 15) is 4.79 Å². The SMILES string of the molecule is O=C1c2cc3c(cc2OC2OC=CN12)OCO3. The highest BCUT2D eigenvalue weighted by molar-refractivity contribution is 5.99. The van der Waals surface area contributed by atoms with Crippen molar-refractivity contribution >= 4 is 5.91 Å². The van der Waals surface area contributed by atoms with E-state index in [0.29, 0.717) is 22.8 Å². The summed E-state index contributed by atoms with van der Waals surface area (Å²) in [5, 5.41) is 0. The highest BCUT2D eigenvalue weighted by Gasteiger charge is 2.37. The van der Waals surface area contributed by atoms with E-state index < -0.39 is 6.41 Å². The highest BCUT2D eigenvalue weighted by Crippen LogP contribution is 2.41. The minimum atomic E-state index is -0.713. The van der Waals surface area contributed by atoms with Crippen molar-refractivity contribution in [2.75, 3.05) is 6.79 Å². The van der Waals surface area contributed by atoms with Crippen LogP contribution in [-0.4, -0.2) is 24.0 Å². The van der Waals surface area contributed by atoms with Crippen LogP contribution in [0.2, 0.25) is 0 Å². The fourth-order valence-corrected chi connectivity index (χ4v) is 1.99. The minimum absolute atomic E-state index is 0.163. The van der Waals surface area contributed by atoms with Crippen molar-refractivity contribution in [2.24, 2.45) is 0 Å². The largest absolute Gasteiger partial charge is 0.454 e. The molecular weight excluding hydrogens is 226 g/mol. The monoisotopic (exact) mass is 233 g/mol. The van der Waals surface area contributed by atoms with Crippen molar-refractivity contribution in [1.29, 1.82) is 0 Å². The molecule has 17 heavy (non-hydrogen) atoms. The molecule has 0 saturated heterocycles. The van der Waals surface area contributed by atoms with Crippen LogP contribution in [0, 0.1) is 0 Å². The first kappa shape index (κ1) is 8.74. The highest BCUT2D eigenvalue weighted by atomic mass is 16.7. The molecule has 1 aromatic rings. The van der Waals surface area contributed by atoms with Crippen LogP contribution in [0.15, 0.2) is 24.6 Å². The average Bonchev–Trinajstić information content (AvgIpc) is 2.94. The first-order chi connectivity index (χ1) is 8.33. The standard InChI is InChI=1S/C11H7NO5/c13-10-6-3-8-9(16-5-15-8)4-7(6)17-11-12(10)1-2-14-11/h1-4,11H,5H2. The van der Waals surface area contributed by atoms with Gasteiger partial charge < -0.3 is 18.9 Å². The lowest BCUT2D eigenvalue weighted by atomic mass is 10.1. The van der Waals surface area contributed by atoms with Crippen LogP contribution >= 0.6 is 0 Å². The Morgan fingerprint density at radius 3 is 2.88 bits per heavy atom. The molecule has 1 atom stereocenters. The molecule has 0 radical (unpaired) electrons. The van der Waals surface area contributed by atoms with Gasteiger partial charge in [-0.15, -0.1) is 0 Å². The third kappa shape index (κ3) is 1.06. The number of carbonyl (C=O) groups is 1. The zero-order chi connectivity index (χ0) is 11.4. The summed E-state index contributed by atoms with van der Waals surface area (Å²) in [6.45, 7) is 0.163. The zero-order valence-corrected chi connectivity index (χ0v) is 8.58. The van der Waals surface area contributed by atoms with E-state index in [1.54, 1.807) is 18.3 Å². The normalized spacial score (nSPS) is 22.9. The van der Waals surface area contributed by atoms with Crippen LogP contribution in [0.5, 0.6) is 17.2 Å². The van der Waals surface area contributed by atoms with Gasteiger partial charge in [-0.2, -0.15) is 0 Å². The number of benzene rings is 1. The Morgan fingerprint density at radius 1 is 1.18 bits per heavy atom. The summed E-state index contributed by atoms with van der Waals surface area (Å²) in [5.41, 5.74) is 0.445. The average molecular weight is 233 g/mol. The Kier molecular flexibility index (Phi) is 1.46. The van der Waals surface area contributed by atoms with Crippen molar-refractivity contribution in [3.63, 3.8) is 0 Å². The topological polar surface area (TPSA) is 57.2 Å². The van der Waals surface area contributed by atoms with Gasteiger partial charge in [-0.05, 0) is 0 Å². The number of ether oxygens (including phenoxy) is 4. The molecule has 1 aromatic carbocycles. The van der Waals surface area contributed by atoms with E-state index >= 15 is 0 Å². The van der Waals surface area contributed by atoms with Crippen molar-refractivity contribution in [1.82, 2.24) is 4.90 Å². The van der Waals surface area contributed by atoms with Gasteiger partial charge in [0.2, 0.25) is 6.79 Å². The smallest absolute Gasteiger partial charge is 0.333 e. The number of hydrogen-bond acceptors (Lipinski definition) is 5. The molecule has 0 aliphatic carbocycles. The maximum Gasteiger partial charge on any atom is 0.333 e. The summed E-state index contributed by atoms with van der Waals surface area (Å²) < 4.78 is 21.1. The zero-order valence-electron chi connectivity index (χ0n) is 8.58. The maximum absolute atomic E-state index is 12.1. The molecule has 0 saturated carbocycles. The molecule has 3 aliphatic rings. The lowest BCUT2D eigenvalue weighted by molar-refractivity contribution is -0.0918. The molecule has 1 amide bonds. The third-order valence-electron chi connectivity index (χ3n) is 2.81. The van der Waals surface area contributed by atoms with Gasteiger partial charge in [0.1, 0.15) is 12.0 Å². The predicted molar refractivity (Wildman–Crippen MR) is 53.4 cm³/mol. The third-order valence-corrected chi connectivity index (χ3v) is 2.81. The Bertz CT molecular complexity index is 553. The number of carbonyl (C=O) groups excluding carboxylic acids is 1. The predicted octanol–water partition coefficient (Wildman–Crippen LogP) is 1.03. The van der Waals surface area contributed by atoms with Crippen molar-refractivity contribution in [2.45, 2.75) is 6.41 Å². The van der Waals surface area contributed by atoms with Crippen LogP contribution in [0.25, 0.3) is 0 Å². The molecule has 0 spiro atoms. The Balaban J connectivity index is 1.86. The number of hydrogen-bond donors (Lipinski definition) is 0. The Labute approximate surface area is 95.9 Å². The second-order valence-electron chi connectivity index (χ2n) is 3.76. The number of rotatable bonds is 0. The van der Waals surface area contributed by atoms with Gasteiger partial charge in [0, 0.05) is 18.3 Å². The van der Waals surface area contributed by atoms with Gasteiger partial charge in [-0.3, -0.25) is 4.79 Å². The quantitative estimate of drug-likeness (QED) is 0.670. The van der Waals surface area contributed by atoms with E-state index in [-0.39, 0.29) is 12.7 Å². The number of fused-ring (bicyclic) bond motifs is 3. The van der Waals surface area contributed by atoms with Gasteiger partial charge in [-0.1, -0.05) is 0 Å². The lowest BCUT2D eigenvalue weighted by Gasteiger charge is -2.28. The molecule has 0 N–H and O–H groups in total. The van der Waals surface area contributed by atoms with Crippen molar-refractivity contribution in [3.05, 3.63) is 30.2 Å². The number of amides is 1.